The summed E-state index contributed by atoms with van der Waals surface area (Å²) in [5.74, 6) is 0. The number of thiol groups is 1. The van der Waals surface area contributed by atoms with Crippen LogP contribution >= 0.6 is 0 Å². The Morgan fingerprint density at radius 2 is 2.00 bits per heavy atom. The van der Waals surface area contributed by atoms with Gasteiger partial charge in [-0.2, -0.15) is 8.42 Å². The summed E-state index contributed by atoms with van der Waals surface area (Å²) in [7, 11) is -2.72. The molecular weight excluding hydrogens is 127 g/mol. The van der Waals surface area contributed by atoms with E-state index in [0.29, 0.717) is 0 Å². The first-order chi connectivity index (χ1) is 2.77. The summed E-state index contributed by atoms with van der Waals surface area (Å²) in [5, 5.41) is 0. The fourth-order valence-corrected chi connectivity index (χ4v) is 0.183. The first-order valence-electron chi connectivity index (χ1n) is 1.19. The molecule has 0 bridgehead atoms. The fraction of sp³-hybridized carbons (Fsp3) is 0. The zero-order valence-corrected chi connectivity index (χ0v) is 3.85. The van der Waals surface area contributed by atoms with Gasteiger partial charge in [-0.25, -0.2) is 0 Å². The maximum atomic E-state index is 9.34. The molecular formula is C2H5NaO3S. The van der Waals surface area contributed by atoms with E-state index >= 15 is 0 Å². The van der Waals surface area contributed by atoms with Gasteiger partial charge < -0.3 is 4.18 Å². The van der Waals surface area contributed by atoms with Gasteiger partial charge in [0.1, 0.15) is 0 Å². The SMILES string of the molecule is C=CO[SH](=O)=O.[NaH]. The first kappa shape index (κ1) is 10.5. The predicted molar refractivity (Wildman–Crippen MR) is 28.7 cm³/mol. The molecule has 0 spiro atoms. The van der Waals surface area contributed by atoms with Crippen LogP contribution in [-0.4, -0.2) is 38.0 Å². The molecule has 0 amide bonds. The van der Waals surface area contributed by atoms with Crippen LogP contribution in [0.5, 0.6) is 0 Å². The molecule has 0 radical (unpaired) electrons. The molecule has 0 aromatic carbocycles. The van der Waals surface area contributed by atoms with E-state index in [1.165, 1.54) is 0 Å². The molecule has 0 aromatic rings. The third-order valence-electron chi connectivity index (χ3n) is 0.161. The summed E-state index contributed by atoms with van der Waals surface area (Å²) in [4.78, 5) is 0. The van der Waals surface area contributed by atoms with Gasteiger partial charge in [-0.1, -0.05) is 6.58 Å². The van der Waals surface area contributed by atoms with Crippen molar-refractivity contribution in [1.82, 2.24) is 0 Å². The normalized spacial score (nSPS) is 7.00. The molecule has 0 aliphatic rings. The van der Waals surface area contributed by atoms with Crippen molar-refractivity contribution in [1.29, 1.82) is 0 Å². The van der Waals surface area contributed by atoms with E-state index in [1.54, 1.807) is 0 Å². The van der Waals surface area contributed by atoms with Crippen LogP contribution < -0.4 is 0 Å². The third-order valence-corrected chi connectivity index (χ3v) is 0.482. The van der Waals surface area contributed by atoms with Crippen LogP contribution in [0.2, 0.25) is 0 Å². The van der Waals surface area contributed by atoms with Gasteiger partial charge in [0.15, 0.2) is 0 Å². The standard InChI is InChI=1S/C2H4O3S.Na.H/c1-2-5-6(3)4;;/h2,6H,1H2;;. The van der Waals surface area contributed by atoms with E-state index < -0.39 is 11.0 Å². The van der Waals surface area contributed by atoms with Crippen molar-refractivity contribution in [2.24, 2.45) is 0 Å². The van der Waals surface area contributed by atoms with Crippen LogP contribution in [0.4, 0.5) is 0 Å². The predicted octanol–water partition coefficient (Wildman–Crippen LogP) is -0.976. The van der Waals surface area contributed by atoms with Crippen molar-refractivity contribution in [2.45, 2.75) is 0 Å². The molecule has 0 unspecified atom stereocenters. The summed E-state index contributed by atoms with van der Waals surface area (Å²) in [6.07, 6.45) is 0.853. The minimum absolute atomic E-state index is 0. The van der Waals surface area contributed by atoms with E-state index in [-0.39, 0.29) is 29.6 Å². The molecule has 0 heterocycles. The summed E-state index contributed by atoms with van der Waals surface area (Å²) in [6.45, 7) is 2.99. The molecule has 0 N–H and O–H groups in total. The Morgan fingerprint density at radius 1 is 1.57 bits per heavy atom. The van der Waals surface area contributed by atoms with E-state index in [1.807, 2.05) is 0 Å². The van der Waals surface area contributed by atoms with Crippen LogP contribution in [0, 0.1) is 0 Å². The van der Waals surface area contributed by atoms with Gasteiger partial charge in [0, 0.05) is 0 Å². The maximum absolute atomic E-state index is 9.34. The van der Waals surface area contributed by atoms with Crippen LogP contribution in [0.15, 0.2) is 12.8 Å². The van der Waals surface area contributed by atoms with Crippen molar-refractivity contribution in [2.75, 3.05) is 0 Å². The Kier molecular flexibility index (Phi) is 9.70. The Labute approximate surface area is 65.8 Å². The Hall–Kier alpha value is 0.490. The summed E-state index contributed by atoms with van der Waals surface area (Å²) < 4.78 is 22.4. The Morgan fingerprint density at radius 3 is 2.00 bits per heavy atom. The number of hydrogen-bond acceptors (Lipinski definition) is 3. The van der Waals surface area contributed by atoms with Gasteiger partial charge in [-0.15, -0.1) is 0 Å². The molecule has 3 nitrogen and oxygen atoms in total. The van der Waals surface area contributed by atoms with Crippen LogP contribution in [-0.2, 0) is 15.2 Å². The second-order valence-electron chi connectivity index (χ2n) is 0.496. The average molecular weight is 132 g/mol. The minimum atomic E-state index is -2.72. The second kappa shape index (κ2) is 6.49. The quantitative estimate of drug-likeness (QED) is 0.298. The molecule has 38 valence electrons. The molecule has 7 heavy (non-hydrogen) atoms. The van der Waals surface area contributed by atoms with Crippen LogP contribution in [0.1, 0.15) is 0 Å². The van der Waals surface area contributed by atoms with Crippen molar-refractivity contribution < 1.29 is 12.6 Å². The first-order valence-corrected chi connectivity index (χ1v) is 2.29. The second-order valence-corrected chi connectivity index (χ2v) is 1.15. The monoisotopic (exact) mass is 132 g/mol. The third kappa shape index (κ3) is 10.7. The Bertz CT molecular complexity index is 99.5. The van der Waals surface area contributed by atoms with Crippen molar-refractivity contribution >= 4 is 40.5 Å². The molecule has 0 aliphatic carbocycles. The van der Waals surface area contributed by atoms with E-state index in [0.717, 1.165) is 6.26 Å². The van der Waals surface area contributed by atoms with E-state index in [2.05, 4.69) is 10.8 Å². The summed E-state index contributed by atoms with van der Waals surface area (Å²) >= 11 is 0. The van der Waals surface area contributed by atoms with Crippen molar-refractivity contribution in [3.05, 3.63) is 12.8 Å². The van der Waals surface area contributed by atoms with Crippen LogP contribution in [0.25, 0.3) is 0 Å². The molecule has 0 rings (SSSR count). The van der Waals surface area contributed by atoms with Crippen molar-refractivity contribution in [3.63, 3.8) is 0 Å². The fourth-order valence-electron chi connectivity index (χ4n) is 0.0609. The van der Waals surface area contributed by atoms with Gasteiger partial charge >= 0.3 is 29.6 Å². The molecule has 5 heteroatoms. The van der Waals surface area contributed by atoms with Gasteiger partial charge in [0.05, 0.1) is 6.26 Å². The Balaban J connectivity index is 0. The average Bonchev–Trinajstić information content (AvgIpc) is 1.35. The molecule has 0 aliphatic heterocycles. The topological polar surface area (TPSA) is 43.4 Å². The van der Waals surface area contributed by atoms with E-state index in [9.17, 15) is 8.42 Å². The molecule has 0 atom stereocenters. The molecule has 0 saturated heterocycles. The van der Waals surface area contributed by atoms with Crippen molar-refractivity contribution in [3.8, 4) is 0 Å². The van der Waals surface area contributed by atoms with Gasteiger partial charge in [0.2, 0.25) is 0 Å². The van der Waals surface area contributed by atoms with Gasteiger partial charge in [-0.05, 0) is 0 Å². The zero-order chi connectivity index (χ0) is 4.99. The summed E-state index contributed by atoms with van der Waals surface area (Å²) in [5.41, 5.74) is 0. The number of hydrogen-bond donors (Lipinski definition) is 1. The van der Waals surface area contributed by atoms with E-state index in [4.69, 9.17) is 0 Å². The molecule has 0 fully saturated rings. The summed E-state index contributed by atoms with van der Waals surface area (Å²) in [6, 6.07) is 0. The van der Waals surface area contributed by atoms with Gasteiger partial charge in [-0.3, -0.25) is 0 Å². The molecule has 0 saturated carbocycles. The van der Waals surface area contributed by atoms with Gasteiger partial charge in [0.25, 0.3) is 11.0 Å². The van der Waals surface area contributed by atoms with Crippen LogP contribution in [0.3, 0.4) is 0 Å². The number of rotatable bonds is 2. The molecule has 0 aromatic heterocycles. The zero-order valence-electron chi connectivity index (χ0n) is 2.96.